The number of halogens is 2. The van der Waals surface area contributed by atoms with E-state index >= 15 is 0 Å². The Bertz CT molecular complexity index is 796. The molecule has 0 aliphatic carbocycles. The number of ether oxygens (including phenoxy) is 2. The lowest BCUT2D eigenvalue weighted by Crippen LogP contribution is -2.29. The Labute approximate surface area is 150 Å². The molecule has 3 rings (SSSR count). The van der Waals surface area contributed by atoms with Crippen molar-refractivity contribution in [1.29, 1.82) is 0 Å². The van der Waals surface area contributed by atoms with E-state index in [9.17, 15) is 18.4 Å². The van der Waals surface area contributed by atoms with Crippen molar-refractivity contribution in [3.63, 3.8) is 0 Å². The van der Waals surface area contributed by atoms with Crippen LogP contribution in [0.5, 0.6) is 11.5 Å². The second kappa shape index (κ2) is 6.60. The molecule has 132 valence electrons. The van der Waals surface area contributed by atoms with E-state index in [-0.39, 0.29) is 36.8 Å². The SMILES string of the molecule is O=C(O)CCCN1C(=O)C(=Cc2ccc3c(c2)OC(F)(F)O3)SC1=S. The second-order valence-electron chi connectivity index (χ2n) is 5.20. The van der Waals surface area contributed by atoms with E-state index in [0.29, 0.717) is 14.8 Å². The van der Waals surface area contributed by atoms with Gasteiger partial charge in [0.2, 0.25) is 0 Å². The van der Waals surface area contributed by atoms with Gasteiger partial charge < -0.3 is 14.6 Å². The van der Waals surface area contributed by atoms with Gasteiger partial charge in [-0.3, -0.25) is 14.5 Å². The largest absolute Gasteiger partial charge is 0.586 e. The summed E-state index contributed by atoms with van der Waals surface area (Å²) < 4.78 is 35.1. The van der Waals surface area contributed by atoms with Gasteiger partial charge in [-0.25, -0.2) is 0 Å². The minimum atomic E-state index is -3.70. The number of thioether (sulfide) groups is 1. The van der Waals surface area contributed by atoms with Gasteiger partial charge in [0.05, 0.1) is 4.91 Å². The van der Waals surface area contributed by atoms with Crippen molar-refractivity contribution in [2.24, 2.45) is 0 Å². The molecule has 1 fully saturated rings. The van der Waals surface area contributed by atoms with E-state index in [1.54, 1.807) is 0 Å². The van der Waals surface area contributed by atoms with Crippen molar-refractivity contribution in [1.82, 2.24) is 4.90 Å². The van der Waals surface area contributed by atoms with Gasteiger partial charge in [0, 0.05) is 13.0 Å². The minimum Gasteiger partial charge on any atom is -0.481 e. The molecule has 0 bridgehead atoms. The zero-order valence-corrected chi connectivity index (χ0v) is 14.2. The zero-order valence-electron chi connectivity index (χ0n) is 12.5. The number of benzene rings is 1. The molecule has 0 spiro atoms. The molecule has 1 aromatic rings. The third kappa shape index (κ3) is 3.90. The van der Waals surface area contributed by atoms with Gasteiger partial charge in [0.15, 0.2) is 11.5 Å². The average Bonchev–Trinajstić information content (AvgIpc) is 2.95. The van der Waals surface area contributed by atoms with Gasteiger partial charge in [-0.15, -0.1) is 8.78 Å². The van der Waals surface area contributed by atoms with Gasteiger partial charge in [0.25, 0.3) is 5.91 Å². The highest BCUT2D eigenvalue weighted by Gasteiger charge is 2.43. The monoisotopic (exact) mass is 387 g/mol. The molecule has 1 saturated heterocycles. The van der Waals surface area contributed by atoms with Crippen molar-refractivity contribution < 1.29 is 33.0 Å². The highest BCUT2D eigenvalue weighted by atomic mass is 32.2. The van der Waals surface area contributed by atoms with Crippen LogP contribution in [0.15, 0.2) is 23.1 Å². The van der Waals surface area contributed by atoms with E-state index in [4.69, 9.17) is 17.3 Å². The van der Waals surface area contributed by atoms with Crippen molar-refractivity contribution in [2.45, 2.75) is 19.1 Å². The van der Waals surface area contributed by atoms with E-state index in [1.807, 2.05) is 0 Å². The van der Waals surface area contributed by atoms with Crippen LogP contribution in [0.1, 0.15) is 18.4 Å². The summed E-state index contributed by atoms with van der Waals surface area (Å²) in [6.45, 7) is 0.210. The van der Waals surface area contributed by atoms with Gasteiger partial charge in [0.1, 0.15) is 4.32 Å². The number of alkyl halides is 2. The number of carboxylic acid groups (broad SMARTS) is 1. The van der Waals surface area contributed by atoms with Crippen molar-refractivity contribution in [3.8, 4) is 11.5 Å². The molecule has 10 heteroatoms. The fourth-order valence-corrected chi connectivity index (χ4v) is 3.60. The van der Waals surface area contributed by atoms with Crippen LogP contribution in [0, 0.1) is 0 Å². The highest BCUT2D eigenvalue weighted by molar-refractivity contribution is 8.26. The van der Waals surface area contributed by atoms with Crippen LogP contribution < -0.4 is 9.47 Å². The first-order valence-corrected chi connectivity index (χ1v) is 8.35. The standard InChI is InChI=1S/C15H11F2NO5S2/c16-15(17)22-9-4-3-8(6-10(9)23-15)7-11-13(21)18(14(24)25-11)5-1-2-12(19)20/h3-4,6-7H,1-2,5H2,(H,19,20). The number of carbonyl (C=O) groups is 2. The Kier molecular flexibility index (Phi) is 4.65. The summed E-state index contributed by atoms with van der Waals surface area (Å²) in [5.74, 6) is -1.49. The Balaban J connectivity index is 1.73. The minimum absolute atomic E-state index is 0.0630. The fourth-order valence-electron chi connectivity index (χ4n) is 2.29. The van der Waals surface area contributed by atoms with Crippen LogP contribution in [0.2, 0.25) is 0 Å². The Morgan fingerprint density at radius 1 is 1.36 bits per heavy atom. The summed E-state index contributed by atoms with van der Waals surface area (Å²) in [6, 6.07) is 4.18. The molecule has 0 saturated carbocycles. The summed E-state index contributed by atoms with van der Waals surface area (Å²) in [4.78, 5) is 24.6. The van der Waals surface area contributed by atoms with Crippen LogP contribution in [0.3, 0.4) is 0 Å². The van der Waals surface area contributed by atoms with Crippen LogP contribution in [-0.2, 0) is 9.59 Å². The van der Waals surface area contributed by atoms with Crippen LogP contribution in [-0.4, -0.2) is 39.0 Å². The summed E-state index contributed by atoms with van der Waals surface area (Å²) in [7, 11) is 0. The Morgan fingerprint density at radius 3 is 2.80 bits per heavy atom. The van der Waals surface area contributed by atoms with Crippen LogP contribution in [0.4, 0.5) is 8.78 Å². The number of carboxylic acids is 1. The maximum absolute atomic E-state index is 13.0. The van der Waals surface area contributed by atoms with Crippen molar-refractivity contribution in [2.75, 3.05) is 6.54 Å². The number of hydrogen-bond donors (Lipinski definition) is 1. The fraction of sp³-hybridized carbons (Fsp3) is 0.267. The maximum atomic E-state index is 13.0. The lowest BCUT2D eigenvalue weighted by molar-refractivity contribution is -0.286. The predicted octanol–water partition coefficient (Wildman–Crippen LogP) is 3.07. The number of carbonyl (C=O) groups excluding carboxylic acids is 1. The molecule has 2 aliphatic rings. The number of hydrogen-bond acceptors (Lipinski definition) is 6. The summed E-state index contributed by atoms with van der Waals surface area (Å²) in [6.07, 6.45) is -1.97. The molecule has 1 aromatic carbocycles. The van der Waals surface area contributed by atoms with E-state index in [1.165, 1.54) is 29.2 Å². The average molecular weight is 387 g/mol. The lowest BCUT2D eigenvalue weighted by Gasteiger charge is -2.13. The Hall–Kier alpha value is -2.20. The molecule has 25 heavy (non-hydrogen) atoms. The quantitative estimate of drug-likeness (QED) is 0.615. The number of rotatable bonds is 5. The molecular weight excluding hydrogens is 376 g/mol. The number of thiocarbonyl (C=S) groups is 1. The molecular formula is C15H11F2NO5S2. The molecule has 0 aromatic heterocycles. The number of amides is 1. The van der Waals surface area contributed by atoms with E-state index < -0.39 is 12.3 Å². The second-order valence-corrected chi connectivity index (χ2v) is 6.88. The predicted molar refractivity (Wildman–Crippen MR) is 89.4 cm³/mol. The topological polar surface area (TPSA) is 76.1 Å². The summed E-state index contributed by atoms with van der Waals surface area (Å²) in [5, 5.41) is 8.65. The van der Waals surface area contributed by atoms with Crippen LogP contribution >= 0.6 is 24.0 Å². The molecule has 1 N–H and O–H groups in total. The summed E-state index contributed by atoms with van der Waals surface area (Å²) in [5.41, 5.74) is 0.478. The van der Waals surface area contributed by atoms with Gasteiger partial charge >= 0.3 is 12.3 Å². The van der Waals surface area contributed by atoms with Gasteiger partial charge in [-0.2, -0.15) is 0 Å². The number of nitrogens with zero attached hydrogens (tertiary/aromatic N) is 1. The molecule has 1 amide bonds. The van der Waals surface area contributed by atoms with Gasteiger partial charge in [-0.1, -0.05) is 30.0 Å². The molecule has 6 nitrogen and oxygen atoms in total. The van der Waals surface area contributed by atoms with E-state index in [0.717, 1.165) is 11.8 Å². The number of fused-ring (bicyclic) bond motifs is 1. The maximum Gasteiger partial charge on any atom is 0.586 e. The zero-order chi connectivity index (χ0) is 18.2. The molecule has 2 aliphatic heterocycles. The third-order valence-electron chi connectivity index (χ3n) is 3.37. The van der Waals surface area contributed by atoms with Gasteiger partial charge in [-0.05, 0) is 30.2 Å². The third-order valence-corrected chi connectivity index (χ3v) is 4.75. The Morgan fingerprint density at radius 2 is 2.08 bits per heavy atom. The molecule has 0 radical (unpaired) electrons. The smallest absolute Gasteiger partial charge is 0.481 e. The van der Waals surface area contributed by atoms with Crippen LogP contribution in [0.25, 0.3) is 6.08 Å². The molecule has 0 unspecified atom stereocenters. The number of aliphatic carboxylic acids is 1. The first kappa shape index (κ1) is 17.6. The molecule has 0 atom stereocenters. The first-order chi connectivity index (χ1) is 11.7. The van der Waals surface area contributed by atoms with Crippen molar-refractivity contribution >= 4 is 46.3 Å². The van der Waals surface area contributed by atoms with E-state index in [2.05, 4.69) is 9.47 Å². The first-order valence-electron chi connectivity index (χ1n) is 7.12. The summed E-state index contributed by atoms with van der Waals surface area (Å²) >= 11 is 6.21. The van der Waals surface area contributed by atoms with Crippen molar-refractivity contribution in [3.05, 3.63) is 28.7 Å². The molecule has 2 heterocycles. The highest BCUT2D eigenvalue weighted by Crippen LogP contribution is 2.42. The lowest BCUT2D eigenvalue weighted by atomic mass is 10.2. The normalized spacial score (nSPS) is 19.8.